The highest BCUT2D eigenvalue weighted by Crippen LogP contribution is 2.22. The predicted molar refractivity (Wildman–Crippen MR) is 117 cm³/mol. The van der Waals surface area contributed by atoms with Crippen molar-refractivity contribution in [1.82, 2.24) is 9.66 Å². The number of methoxy groups -OCH3 is 1. The van der Waals surface area contributed by atoms with E-state index < -0.39 is 5.97 Å². The van der Waals surface area contributed by atoms with Gasteiger partial charge in [-0.25, -0.2) is 9.78 Å². The van der Waals surface area contributed by atoms with Crippen molar-refractivity contribution in [2.45, 2.75) is 6.92 Å². The Morgan fingerprint density at radius 2 is 1.93 bits per heavy atom. The van der Waals surface area contributed by atoms with Gasteiger partial charge in [0, 0.05) is 10.0 Å². The predicted octanol–water partition coefficient (Wildman–Crippen LogP) is 4.40. The summed E-state index contributed by atoms with van der Waals surface area (Å²) in [6, 6.07) is 15.8. The lowest BCUT2D eigenvalue weighted by Crippen LogP contribution is -2.20. The van der Waals surface area contributed by atoms with Crippen molar-refractivity contribution < 1.29 is 13.9 Å². The van der Waals surface area contributed by atoms with Gasteiger partial charge in [-0.1, -0.05) is 28.1 Å². The van der Waals surface area contributed by atoms with Crippen LogP contribution in [0.3, 0.4) is 0 Å². The molecule has 0 saturated heterocycles. The van der Waals surface area contributed by atoms with Gasteiger partial charge in [0.05, 0.1) is 29.8 Å². The van der Waals surface area contributed by atoms with E-state index in [1.807, 2.05) is 6.07 Å². The standard InChI is InChI=1S/C22H16BrN3O4/c1-13-25-19-9-7-16(23)11-18(19)21(27)26(13)24-12-17-8-10-20(30-17)14-3-5-15(6-4-14)22(28)29-2/h3-12H,1-2H3. The number of benzene rings is 2. The van der Waals surface area contributed by atoms with E-state index in [4.69, 9.17) is 9.15 Å². The first-order valence-electron chi connectivity index (χ1n) is 8.98. The van der Waals surface area contributed by atoms with Crippen LogP contribution in [0, 0.1) is 6.92 Å². The molecule has 0 fully saturated rings. The van der Waals surface area contributed by atoms with Gasteiger partial charge in [-0.2, -0.15) is 9.78 Å². The number of esters is 1. The minimum Gasteiger partial charge on any atom is -0.465 e. The fourth-order valence-corrected chi connectivity index (χ4v) is 3.34. The van der Waals surface area contributed by atoms with Crippen LogP contribution in [0.25, 0.3) is 22.2 Å². The van der Waals surface area contributed by atoms with E-state index in [0.29, 0.717) is 33.8 Å². The lowest BCUT2D eigenvalue weighted by molar-refractivity contribution is 0.0600. The van der Waals surface area contributed by atoms with Gasteiger partial charge in [-0.15, -0.1) is 0 Å². The maximum Gasteiger partial charge on any atom is 0.337 e. The highest BCUT2D eigenvalue weighted by Gasteiger charge is 2.10. The van der Waals surface area contributed by atoms with E-state index in [2.05, 4.69) is 26.0 Å². The van der Waals surface area contributed by atoms with Crippen molar-refractivity contribution in [1.29, 1.82) is 0 Å². The van der Waals surface area contributed by atoms with Gasteiger partial charge in [0.25, 0.3) is 5.56 Å². The second kappa shape index (κ2) is 8.08. The third-order valence-corrected chi connectivity index (χ3v) is 4.98. The molecule has 0 aliphatic heterocycles. The Bertz CT molecular complexity index is 1340. The van der Waals surface area contributed by atoms with Crippen molar-refractivity contribution in [3.8, 4) is 11.3 Å². The number of fused-ring (bicyclic) bond motifs is 1. The highest BCUT2D eigenvalue weighted by atomic mass is 79.9. The smallest absolute Gasteiger partial charge is 0.337 e. The number of carbonyl (C=O) groups excluding carboxylic acids is 1. The summed E-state index contributed by atoms with van der Waals surface area (Å²) in [5, 5.41) is 4.73. The molecule has 0 saturated carbocycles. The lowest BCUT2D eigenvalue weighted by Gasteiger charge is -2.05. The Labute approximate surface area is 179 Å². The van der Waals surface area contributed by atoms with E-state index in [1.165, 1.54) is 18.0 Å². The first-order valence-corrected chi connectivity index (χ1v) is 9.77. The summed E-state index contributed by atoms with van der Waals surface area (Å²) >= 11 is 3.37. The van der Waals surface area contributed by atoms with Gasteiger partial charge in [0.2, 0.25) is 0 Å². The van der Waals surface area contributed by atoms with E-state index >= 15 is 0 Å². The molecule has 4 rings (SSSR count). The van der Waals surface area contributed by atoms with Crippen LogP contribution in [0.2, 0.25) is 0 Å². The fourth-order valence-electron chi connectivity index (χ4n) is 2.98. The molecule has 4 aromatic rings. The molecule has 150 valence electrons. The van der Waals surface area contributed by atoms with Crippen molar-refractivity contribution in [2.75, 3.05) is 7.11 Å². The van der Waals surface area contributed by atoms with Crippen LogP contribution >= 0.6 is 15.9 Å². The maximum absolute atomic E-state index is 12.8. The zero-order chi connectivity index (χ0) is 21.3. The molecular weight excluding hydrogens is 450 g/mol. The molecule has 0 radical (unpaired) electrons. The van der Waals surface area contributed by atoms with Gasteiger partial charge in [-0.3, -0.25) is 4.79 Å². The van der Waals surface area contributed by atoms with Gasteiger partial charge in [0.1, 0.15) is 17.3 Å². The van der Waals surface area contributed by atoms with E-state index in [-0.39, 0.29) is 5.56 Å². The minimum absolute atomic E-state index is 0.264. The summed E-state index contributed by atoms with van der Waals surface area (Å²) in [6.07, 6.45) is 1.46. The molecule has 7 nitrogen and oxygen atoms in total. The van der Waals surface area contributed by atoms with Crippen molar-refractivity contribution in [3.63, 3.8) is 0 Å². The third kappa shape index (κ3) is 3.81. The van der Waals surface area contributed by atoms with Crippen molar-refractivity contribution in [2.24, 2.45) is 5.10 Å². The third-order valence-electron chi connectivity index (χ3n) is 4.49. The van der Waals surface area contributed by atoms with Crippen molar-refractivity contribution >= 4 is 39.0 Å². The monoisotopic (exact) mass is 465 g/mol. The number of furan rings is 1. The highest BCUT2D eigenvalue weighted by molar-refractivity contribution is 9.10. The summed E-state index contributed by atoms with van der Waals surface area (Å²) in [7, 11) is 1.34. The van der Waals surface area contributed by atoms with Crippen molar-refractivity contribution in [3.05, 3.63) is 86.6 Å². The van der Waals surface area contributed by atoms with Crippen LogP contribution < -0.4 is 5.56 Å². The molecule has 0 aliphatic rings. The van der Waals surface area contributed by atoms with Crippen LogP contribution in [0.4, 0.5) is 0 Å². The molecule has 0 amide bonds. The summed E-state index contributed by atoms with van der Waals surface area (Å²) in [6.45, 7) is 1.72. The molecule has 0 aliphatic carbocycles. The molecule has 0 spiro atoms. The Morgan fingerprint density at radius 1 is 1.17 bits per heavy atom. The van der Waals surface area contributed by atoms with Gasteiger partial charge >= 0.3 is 5.97 Å². The average molecular weight is 466 g/mol. The molecule has 0 unspecified atom stereocenters. The molecule has 2 aromatic carbocycles. The summed E-state index contributed by atoms with van der Waals surface area (Å²) in [5.74, 6) is 1.15. The number of hydrogen-bond donors (Lipinski definition) is 0. The van der Waals surface area contributed by atoms with Crippen LogP contribution in [0.15, 0.2) is 73.4 Å². The molecule has 0 atom stereocenters. The van der Waals surface area contributed by atoms with E-state index in [9.17, 15) is 9.59 Å². The van der Waals surface area contributed by atoms with Crippen LogP contribution in [0.5, 0.6) is 0 Å². The number of ether oxygens (including phenoxy) is 1. The number of carbonyl (C=O) groups is 1. The number of aromatic nitrogens is 2. The van der Waals surface area contributed by atoms with Crippen LogP contribution in [-0.4, -0.2) is 29.0 Å². The molecule has 0 N–H and O–H groups in total. The number of hydrogen-bond acceptors (Lipinski definition) is 6. The lowest BCUT2D eigenvalue weighted by atomic mass is 10.1. The van der Waals surface area contributed by atoms with Crippen LogP contribution in [-0.2, 0) is 4.74 Å². The molecular formula is C22H16BrN3O4. The molecule has 0 bridgehead atoms. The Balaban J connectivity index is 1.62. The second-order valence-electron chi connectivity index (χ2n) is 6.45. The summed E-state index contributed by atoms with van der Waals surface area (Å²) in [5.41, 5.74) is 1.61. The first kappa shape index (κ1) is 19.8. The summed E-state index contributed by atoms with van der Waals surface area (Å²) in [4.78, 5) is 28.8. The van der Waals surface area contributed by atoms with E-state index in [0.717, 1.165) is 10.0 Å². The first-order chi connectivity index (χ1) is 14.5. The van der Waals surface area contributed by atoms with Crippen LogP contribution in [0.1, 0.15) is 21.9 Å². The number of halogens is 1. The topological polar surface area (TPSA) is 86.7 Å². The number of rotatable bonds is 4. The molecule has 30 heavy (non-hydrogen) atoms. The minimum atomic E-state index is -0.398. The second-order valence-corrected chi connectivity index (χ2v) is 7.37. The fraction of sp³-hybridized carbons (Fsp3) is 0.0909. The van der Waals surface area contributed by atoms with Gasteiger partial charge in [-0.05, 0) is 49.4 Å². The Morgan fingerprint density at radius 3 is 2.67 bits per heavy atom. The molecule has 2 aromatic heterocycles. The zero-order valence-corrected chi connectivity index (χ0v) is 17.7. The quantitative estimate of drug-likeness (QED) is 0.329. The number of nitrogens with zero attached hydrogens (tertiary/aromatic N) is 3. The zero-order valence-electron chi connectivity index (χ0n) is 16.1. The summed E-state index contributed by atoms with van der Waals surface area (Å²) < 4.78 is 12.5. The number of aryl methyl sites for hydroxylation is 1. The average Bonchev–Trinajstić information content (AvgIpc) is 3.23. The van der Waals surface area contributed by atoms with Gasteiger partial charge in [0.15, 0.2) is 0 Å². The SMILES string of the molecule is COC(=O)c1ccc(-c2ccc(C=Nn3c(C)nc4ccc(Br)cc4c3=O)o2)cc1. The normalized spacial score (nSPS) is 11.3. The largest absolute Gasteiger partial charge is 0.465 e. The molecule has 2 heterocycles. The Kier molecular flexibility index (Phi) is 5.33. The maximum atomic E-state index is 12.8. The van der Waals surface area contributed by atoms with E-state index in [1.54, 1.807) is 55.5 Å². The Hall–Kier alpha value is -3.52. The molecule has 8 heteroatoms. The van der Waals surface area contributed by atoms with Gasteiger partial charge < -0.3 is 9.15 Å².